The van der Waals surface area contributed by atoms with Crippen LogP contribution in [0, 0.1) is 0 Å². The van der Waals surface area contributed by atoms with E-state index in [1.807, 2.05) is 6.07 Å². The van der Waals surface area contributed by atoms with E-state index in [0.29, 0.717) is 33.7 Å². The predicted molar refractivity (Wildman–Crippen MR) is 75.5 cm³/mol. The molecule has 0 bridgehead atoms. The molecular weight excluding hydrogens is 266 g/mol. The maximum absolute atomic E-state index is 5.86. The molecule has 0 saturated heterocycles. The van der Waals surface area contributed by atoms with Gasteiger partial charge in [0, 0.05) is 5.02 Å². The monoisotopic (exact) mass is 279 g/mol. The first-order valence-electron chi connectivity index (χ1n) is 5.59. The zero-order valence-electron chi connectivity index (χ0n) is 10.6. The highest BCUT2D eigenvalue weighted by Crippen LogP contribution is 2.41. The van der Waals surface area contributed by atoms with Gasteiger partial charge in [-0.3, -0.25) is 0 Å². The normalized spacial score (nSPS) is 10.1. The van der Waals surface area contributed by atoms with Gasteiger partial charge in [0.1, 0.15) is 0 Å². The summed E-state index contributed by atoms with van der Waals surface area (Å²) >= 11 is 5.85. The maximum atomic E-state index is 5.86. The molecule has 0 radical (unpaired) electrons. The zero-order valence-corrected chi connectivity index (χ0v) is 11.4. The van der Waals surface area contributed by atoms with Crippen LogP contribution in [0.1, 0.15) is 0 Å². The van der Waals surface area contributed by atoms with E-state index in [4.69, 9.17) is 31.5 Å². The van der Waals surface area contributed by atoms with Gasteiger partial charge in [0.25, 0.3) is 0 Å². The van der Waals surface area contributed by atoms with E-state index < -0.39 is 0 Å². The van der Waals surface area contributed by atoms with E-state index in [2.05, 4.69) is 0 Å². The Morgan fingerprint density at radius 1 is 0.947 bits per heavy atom. The number of methoxy groups -OCH3 is 2. The number of nitrogen functional groups attached to an aromatic ring is 1. The molecule has 0 unspecified atom stereocenters. The third-order valence-electron chi connectivity index (χ3n) is 2.57. The SMILES string of the molecule is COc1cccc(OC)c1Oc1ccc(Cl)cc1N. The number of hydrogen-bond acceptors (Lipinski definition) is 4. The number of para-hydroxylation sites is 1. The van der Waals surface area contributed by atoms with Crippen LogP contribution in [0.25, 0.3) is 0 Å². The summed E-state index contributed by atoms with van der Waals surface area (Å²) in [6.45, 7) is 0. The van der Waals surface area contributed by atoms with E-state index in [1.165, 1.54) is 0 Å². The largest absolute Gasteiger partial charge is 0.493 e. The van der Waals surface area contributed by atoms with Crippen molar-refractivity contribution < 1.29 is 14.2 Å². The van der Waals surface area contributed by atoms with Gasteiger partial charge in [0.05, 0.1) is 19.9 Å². The first kappa shape index (κ1) is 13.4. The Hall–Kier alpha value is -2.07. The molecule has 0 fully saturated rings. The number of halogens is 1. The Kier molecular flexibility index (Phi) is 4.02. The van der Waals surface area contributed by atoms with Crippen molar-refractivity contribution in [2.24, 2.45) is 0 Å². The quantitative estimate of drug-likeness (QED) is 0.867. The smallest absolute Gasteiger partial charge is 0.211 e. The average Bonchev–Trinajstić information content (AvgIpc) is 2.42. The standard InChI is InChI=1S/C14H14ClNO3/c1-17-12-4-3-5-13(18-2)14(12)19-11-7-6-9(15)8-10(11)16/h3-8H,16H2,1-2H3. The minimum atomic E-state index is 0.445. The maximum Gasteiger partial charge on any atom is 0.211 e. The molecule has 2 aromatic carbocycles. The number of ether oxygens (including phenoxy) is 3. The predicted octanol–water partition coefficient (Wildman–Crippen LogP) is 3.73. The van der Waals surface area contributed by atoms with Crippen molar-refractivity contribution in [2.75, 3.05) is 20.0 Å². The van der Waals surface area contributed by atoms with E-state index in [1.54, 1.807) is 44.6 Å². The molecule has 0 saturated carbocycles. The molecule has 5 heteroatoms. The van der Waals surface area contributed by atoms with Crippen molar-refractivity contribution >= 4 is 17.3 Å². The summed E-state index contributed by atoms with van der Waals surface area (Å²) in [6, 6.07) is 10.4. The van der Waals surface area contributed by atoms with Gasteiger partial charge in [0.15, 0.2) is 17.2 Å². The Labute approximate surface area is 116 Å². The summed E-state index contributed by atoms with van der Waals surface area (Å²) in [5.74, 6) is 2.09. The summed E-state index contributed by atoms with van der Waals surface area (Å²) in [6.07, 6.45) is 0. The highest BCUT2D eigenvalue weighted by molar-refractivity contribution is 6.30. The molecule has 0 aliphatic rings. The second-order valence-corrected chi connectivity index (χ2v) is 4.21. The molecule has 0 aromatic heterocycles. The molecule has 4 nitrogen and oxygen atoms in total. The van der Waals surface area contributed by atoms with Crippen LogP contribution in [-0.2, 0) is 0 Å². The van der Waals surface area contributed by atoms with Crippen LogP contribution >= 0.6 is 11.6 Å². The van der Waals surface area contributed by atoms with Crippen LogP contribution in [0.2, 0.25) is 5.02 Å². The third-order valence-corrected chi connectivity index (χ3v) is 2.80. The first-order valence-corrected chi connectivity index (χ1v) is 5.97. The second-order valence-electron chi connectivity index (χ2n) is 3.78. The first-order chi connectivity index (χ1) is 9.15. The minimum Gasteiger partial charge on any atom is -0.493 e. The van der Waals surface area contributed by atoms with Gasteiger partial charge < -0.3 is 19.9 Å². The van der Waals surface area contributed by atoms with Crippen molar-refractivity contribution in [2.45, 2.75) is 0 Å². The number of benzene rings is 2. The molecule has 0 aliphatic carbocycles. The fraction of sp³-hybridized carbons (Fsp3) is 0.143. The van der Waals surface area contributed by atoms with Crippen LogP contribution in [0.5, 0.6) is 23.0 Å². The van der Waals surface area contributed by atoms with Crippen molar-refractivity contribution in [1.29, 1.82) is 0 Å². The van der Waals surface area contributed by atoms with E-state index in [0.717, 1.165) is 0 Å². The number of anilines is 1. The summed E-state index contributed by atoms with van der Waals surface area (Å²) in [7, 11) is 3.12. The average molecular weight is 280 g/mol. The van der Waals surface area contributed by atoms with Gasteiger partial charge in [-0.25, -0.2) is 0 Å². The summed E-state index contributed by atoms with van der Waals surface area (Å²) < 4.78 is 16.3. The molecule has 0 heterocycles. The van der Waals surface area contributed by atoms with Gasteiger partial charge >= 0.3 is 0 Å². The van der Waals surface area contributed by atoms with Crippen LogP contribution in [0.15, 0.2) is 36.4 Å². The molecule has 0 atom stereocenters. The van der Waals surface area contributed by atoms with Crippen molar-refractivity contribution in [3.8, 4) is 23.0 Å². The Bertz CT molecular complexity index is 565. The van der Waals surface area contributed by atoms with Gasteiger partial charge in [-0.1, -0.05) is 17.7 Å². The van der Waals surface area contributed by atoms with Gasteiger partial charge in [-0.05, 0) is 30.3 Å². The molecule has 19 heavy (non-hydrogen) atoms. The third kappa shape index (κ3) is 2.85. The molecule has 2 rings (SSSR count). The second kappa shape index (κ2) is 5.71. The minimum absolute atomic E-state index is 0.445. The lowest BCUT2D eigenvalue weighted by Gasteiger charge is -2.14. The fourth-order valence-corrected chi connectivity index (χ4v) is 1.82. The molecule has 100 valence electrons. The molecule has 0 spiro atoms. The van der Waals surface area contributed by atoms with Crippen molar-refractivity contribution in [3.63, 3.8) is 0 Å². The fourth-order valence-electron chi connectivity index (χ4n) is 1.64. The van der Waals surface area contributed by atoms with Gasteiger partial charge in [-0.15, -0.1) is 0 Å². The van der Waals surface area contributed by atoms with Crippen LogP contribution < -0.4 is 19.9 Å². The lowest BCUT2D eigenvalue weighted by Crippen LogP contribution is -1.96. The Morgan fingerprint density at radius 2 is 1.58 bits per heavy atom. The Morgan fingerprint density at radius 3 is 2.11 bits per heavy atom. The lowest BCUT2D eigenvalue weighted by atomic mass is 10.2. The van der Waals surface area contributed by atoms with Crippen LogP contribution in [0.4, 0.5) is 5.69 Å². The molecular formula is C14H14ClNO3. The Balaban J connectivity index is 2.42. The van der Waals surface area contributed by atoms with E-state index in [9.17, 15) is 0 Å². The van der Waals surface area contributed by atoms with Crippen molar-refractivity contribution in [3.05, 3.63) is 41.4 Å². The highest BCUT2D eigenvalue weighted by Gasteiger charge is 2.13. The number of rotatable bonds is 4. The van der Waals surface area contributed by atoms with E-state index >= 15 is 0 Å². The molecule has 2 aromatic rings. The van der Waals surface area contributed by atoms with Gasteiger partial charge in [-0.2, -0.15) is 0 Å². The van der Waals surface area contributed by atoms with Gasteiger partial charge in [0.2, 0.25) is 5.75 Å². The van der Waals surface area contributed by atoms with Crippen LogP contribution in [-0.4, -0.2) is 14.2 Å². The summed E-state index contributed by atoms with van der Waals surface area (Å²) in [4.78, 5) is 0. The lowest BCUT2D eigenvalue weighted by molar-refractivity contribution is 0.347. The number of nitrogens with two attached hydrogens (primary N) is 1. The molecule has 0 amide bonds. The highest BCUT2D eigenvalue weighted by atomic mass is 35.5. The number of hydrogen-bond donors (Lipinski definition) is 1. The summed E-state index contributed by atoms with van der Waals surface area (Å²) in [5, 5.41) is 0.553. The molecule has 2 N–H and O–H groups in total. The van der Waals surface area contributed by atoms with Crippen LogP contribution in [0.3, 0.4) is 0 Å². The molecule has 0 aliphatic heterocycles. The van der Waals surface area contributed by atoms with Crippen molar-refractivity contribution in [1.82, 2.24) is 0 Å². The summed E-state index contributed by atoms with van der Waals surface area (Å²) in [5.41, 5.74) is 6.31. The topological polar surface area (TPSA) is 53.7 Å². The van der Waals surface area contributed by atoms with E-state index in [-0.39, 0.29) is 0 Å². The zero-order chi connectivity index (χ0) is 13.8.